The molecule has 0 saturated heterocycles. The van der Waals surface area contributed by atoms with Gasteiger partial charge in [0, 0.05) is 5.69 Å². The fourth-order valence-electron chi connectivity index (χ4n) is 3.50. The van der Waals surface area contributed by atoms with Crippen molar-refractivity contribution >= 4 is 28.8 Å². The normalized spacial score (nSPS) is 13.8. The third kappa shape index (κ3) is 3.35. The number of amides is 2. The average molecular weight is 398 g/mol. The van der Waals surface area contributed by atoms with Gasteiger partial charge < -0.3 is 10.1 Å². The lowest BCUT2D eigenvalue weighted by molar-refractivity contribution is -0.120. The number of aryl methyl sites for hydroxylation is 1. The maximum absolute atomic E-state index is 13.4. The zero-order chi connectivity index (χ0) is 21.3. The summed E-state index contributed by atoms with van der Waals surface area (Å²) in [6, 6.07) is 21.9. The quantitative estimate of drug-likeness (QED) is 0.633. The molecule has 0 spiro atoms. The molecule has 0 saturated carbocycles. The summed E-state index contributed by atoms with van der Waals surface area (Å²) in [5.41, 5.74) is 4.72. The van der Waals surface area contributed by atoms with E-state index in [1.54, 1.807) is 55.6 Å². The third-order valence-corrected chi connectivity index (χ3v) is 5.34. The lowest BCUT2D eigenvalue weighted by atomic mass is 10.0. The number of imide groups is 1. The Hall–Kier alpha value is -3.86. The zero-order valence-corrected chi connectivity index (χ0v) is 17.1. The van der Waals surface area contributed by atoms with Gasteiger partial charge in [0.25, 0.3) is 11.8 Å². The largest absolute Gasteiger partial charge is 0.497 e. The predicted octanol–water partition coefficient (Wildman–Crippen LogP) is 4.71. The summed E-state index contributed by atoms with van der Waals surface area (Å²) in [6.45, 7) is 4.00. The van der Waals surface area contributed by atoms with Crippen molar-refractivity contribution in [3.05, 3.63) is 95.2 Å². The molecule has 0 atom stereocenters. The summed E-state index contributed by atoms with van der Waals surface area (Å²) in [5.74, 6) is -0.0535. The minimum atomic E-state index is -0.377. The van der Waals surface area contributed by atoms with Crippen LogP contribution in [0.1, 0.15) is 16.7 Å². The van der Waals surface area contributed by atoms with E-state index in [1.165, 1.54) is 4.90 Å². The van der Waals surface area contributed by atoms with E-state index in [1.807, 2.05) is 38.1 Å². The van der Waals surface area contributed by atoms with Crippen molar-refractivity contribution in [2.45, 2.75) is 13.8 Å². The highest BCUT2D eigenvalue weighted by Crippen LogP contribution is 2.35. The summed E-state index contributed by atoms with van der Waals surface area (Å²) in [6.07, 6.45) is 0. The summed E-state index contributed by atoms with van der Waals surface area (Å²) in [5, 5.41) is 3.24. The van der Waals surface area contributed by atoms with Gasteiger partial charge in [-0.3, -0.25) is 9.59 Å². The number of nitrogens with zero attached hydrogens (tertiary/aromatic N) is 1. The number of nitrogens with one attached hydrogen (secondary N) is 1. The second-order valence-corrected chi connectivity index (χ2v) is 7.13. The Morgan fingerprint density at radius 1 is 0.800 bits per heavy atom. The summed E-state index contributed by atoms with van der Waals surface area (Å²) < 4.78 is 5.23. The lowest BCUT2D eigenvalue weighted by Gasteiger charge is -2.16. The van der Waals surface area contributed by atoms with Crippen LogP contribution in [0.15, 0.2) is 78.5 Å². The number of ether oxygens (including phenoxy) is 1. The molecule has 1 heterocycles. The van der Waals surface area contributed by atoms with Crippen LogP contribution in [-0.4, -0.2) is 18.9 Å². The minimum absolute atomic E-state index is 0.266. The summed E-state index contributed by atoms with van der Waals surface area (Å²) >= 11 is 0. The van der Waals surface area contributed by atoms with Gasteiger partial charge in [-0.2, -0.15) is 0 Å². The molecule has 0 fully saturated rings. The molecule has 1 N–H and O–H groups in total. The molecular weight excluding hydrogens is 376 g/mol. The van der Waals surface area contributed by atoms with Crippen LogP contribution in [0.5, 0.6) is 5.75 Å². The third-order valence-electron chi connectivity index (χ3n) is 5.34. The number of benzene rings is 3. The van der Waals surface area contributed by atoms with Crippen molar-refractivity contribution in [1.82, 2.24) is 0 Å². The van der Waals surface area contributed by atoms with Gasteiger partial charge in [-0.15, -0.1) is 0 Å². The van der Waals surface area contributed by atoms with E-state index in [0.717, 1.165) is 16.8 Å². The van der Waals surface area contributed by atoms with E-state index >= 15 is 0 Å². The van der Waals surface area contributed by atoms with Gasteiger partial charge in [0.15, 0.2) is 0 Å². The van der Waals surface area contributed by atoms with E-state index in [2.05, 4.69) is 5.32 Å². The molecule has 0 radical (unpaired) electrons. The number of methoxy groups -OCH3 is 1. The van der Waals surface area contributed by atoms with Crippen LogP contribution < -0.4 is 15.0 Å². The molecule has 150 valence electrons. The highest BCUT2D eigenvalue weighted by molar-refractivity contribution is 6.46. The van der Waals surface area contributed by atoms with E-state index in [-0.39, 0.29) is 17.5 Å². The number of carbonyl (C=O) groups excluding carboxylic acids is 2. The Labute approximate surface area is 175 Å². The van der Waals surface area contributed by atoms with Crippen molar-refractivity contribution in [1.29, 1.82) is 0 Å². The standard InChI is InChI=1S/C25H22N2O3/c1-16-8-7-11-21(17(16)2)26-23-22(18-12-14-20(30-3)15-13-18)24(28)27(25(23)29)19-9-5-4-6-10-19/h4-15,26H,1-3H3. The Kier molecular flexibility index (Phi) is 5.11. The lowest BCUT2D eigenvalue weighted by Crippen LogP contribution is -2.32. The van der Waals surface area contributed by atoms with E-state index in [0.29, 0.717) is 22.6 Å². The smallest absolute Gasteiger partial charge is 0.282 e. The van der Waals surface area contributed by atoms with Gasteiger partial charge in [-0.05, 0) is 60.9 Å². The number of carbonyl (C=O) groups is 2. The first kappa shape index (κ1) is 19.5. The predicted molar refractivity (Wildman–Crippen MR) is 118 cm³/mol. The van der Waals surface area contributed by atoms with E-state index in [4.69, 9.17) is 4.74 Å². The van der Waals surface area contributed by atoms with Gasteiger partial charge in [-0.25, -0.2) is 4.90 Å². The average Bonchev–Trinajstić information content (AvgIpc) is 3.01. The molecule has 5 nitrogen and oxygen atoms in total. The van der Waals surface area contributed by atoms with Crippen LogP contribution in [-0.2, 0) is 9.59 Å². The van der Waals surface area contributed by atoms with Crippen molar-refractivity contribution in [3.8, 4) is 5.75 Å². The van der Waals surface area contributed by atoms with Crippen LogP contribution >= 0.6 is 0 Å². The first-order valence-corrected chi connectivity index (χ1v) is 9.67. The number of hydrogen-bond donors (Lipinski definition) is 1. The van der Waals surface area contributed by atoms with E-state index < -0.39 is 0 Å². The number of anilines is 2. The summed E-state index contributed by atoms with van der Waals surface area (Å²) in [4.78, 5) is 28.0. The maximum atomic E-state index is 13.4. The molecule has 0 unspecified atom stereocenters. The first-order chi connectivity index (χ1) is 14.5. The maximum Gasteiger partial charge on any atom is 0.282 e. The molecular formula is C25H22N2O3. The Balaban J connectivity index is 1.84. The van der Waals surface area contributed by atoms with Gasteiger partial charge >= 0.3 is 0 Å². The van der Waals surface area contributed by atoms with Crippen molar-refractivity contribution in [3.63, 3.8) is 0 Å². The second kappa shape index (κ2) is 7.87. The Bertz CT molecular complexity index is 1150. The second-order valence-electron chi connectivity index (χ2n) is 7.13. The molecule has 3 aromatic rings. The molecule has 3 aromatic carbocycles. The van der Waals surface area contributed by atoms with E-state index in [9.17, 15) is 9.59 Å². The number of hydrogen-bond acceptors (Lipinski definition) is 4. The first-order valence-electron chi connectivity index (χ1n) is 9.67. The van der Waals surface area contributed by atoms with Gasteiger partial charge in [0.2, 0.25) is 0 Å². The number of rotatable bonds is 5. The Morgan fingerprint density at radius 2 is 1.50 bits per heavy atom. The topological polar surface area (TPSA) is 58.6 Å². The van der Waals surface area contributed by atoms with Crippen molar-refractivity contribution < 1.29 is 14.3 Å². The van der Waals surface area contributed by atoms with Crippen LogP contribution in [0.3, 0.4) is 0 Å². The minimum Gasteiger partial charge on any atom is -0.497 e. The molecule has 30 heavy (non-hydrogen) atoms. The SMILES string of the molecule is COc1ccc(C2=C(Nc3cccc(C)c3C)C(=O)N(c3ccccc3)C2=O)cc1. The Morgan fingerprint density at radius 3 is 2.17 bits per heavy atom. The molecule has 1 aliphatic rings. The molecule has 4 rings (SSSR count). The van der Waals surface area contributed by atoms with Crippen LogP contribution in [0.25, 0.3) is 5.57 Å². The van der Waals surface area contributed by atoms with Gasteiger partial charge in [0.1, 0.15) is 11.4 Å². The summed E-state index contributed by atoms with van der Waals surface area (Å²) in [7, 11) is 1.59. The van der Waals surface area contributed by atoms with Crippen molar-refractivity contribution in [2.75, 3.05) is 17.3 Å². The fraction of sp³-hybridized carbons (Fsp3) is 0.120. The molecule has 5 heteroatoms. The zero-order valence-electron chi connectivity index (χ0n) is 17.1. The monoisotopic (exact) mass is 398 g/mol. The molecule has 1 aliphatic heterocycles. The molecule has 2 amide bonds. The van der Waals surface area contributed by atoms with Crippen molar-refractivity contribution in [2.24, 2.45) is 0 Å². The van der Waals surface area contributed by atoms with Crippen LogP contribution in [0.2, 0.25) is 0 Å². The number of para-hydroxylation sites is 1. The van der Waals surface area contributed by atoms with Crippen LogP contribution in [0.4, 0.5) is 11.4 Å². The molecule has 0 bridgehead atoms. The highest BCUT2D eigenvalue weighted by atomic mass is 16.5. The van der Waals surface area contributed by atoms with Gasteiger partial charge in [-0.1, -0.05) is 42.5 Å². The fourth-order valence-corrected chi connectivity index (χ4v) is 3.50. The van der Waals surface area contributed by atoms with Crippen LogP contribution in [0, 0.1) is 13.8 Å². The van der Waals surface area contributed by atoms with Gasteiger partial charge in [0.05, 0.1) is 18.4 Å². The molecule has 0 aliphatic carbocycles. The highest BCUT2D eigenvalue weighted by Gasteiger charge is 2.40. The molecule has 0 aromatic heterocycles.